The Hall–Kier alpha value is -6.64. The molecule has 53 heavy (non-hydrogen) atoms. The second kappa shape index (κ2) is 12.3. The Morgan fingerprint density at radius 3 is 1.85 bits per heavy atom. The summed E-state index contributed by atoms with van der Waals surface area (Å²) >= 11 is 0. The Kier molecular flexibility index (Phi) is 5.01. The Labute approximate surface area is 325 Å². The van der Waals surface area contributed by atoms with E-state index in [9.17, 15) is 4.11 Å². The molecule has 0 unspecified atom stereocenters. The molecular weight excluding hydrogens is 643 g/mol. The van der Waals surface area contributed by atoms with E-state index in [4.69, 9.17) is 15.4 Å². The molecule has 0 saturated heterocycles. The quantitative estimate of drug-likeness (QED) is 0.173. The maximum Gasteiger partial charge on any atom is 0.145 e. The average Bonchev–Trinajstić information content (AvgIpc) is 3.81. The van der Waals surface area contributed by atoms with Crippen LogP contribution in [0.2, 0.25) is 0 Å². The number of anilines is 3. The molecule has 0 radical (unpaired) electrons. The van der Waals surface area contributed by atoms with Crippen molar-refractivity contribution in [1.29, 1.82) is 0 Å². The highest BCUT2D eigenvalue weighted by atomic mass is 16.3. The van der Waals surface area contributed by atoms with E-state index in [0.29, 0.717) is 11.4 Å². The highest BCUT2D eigenvalue weighted by Gasteiger charge is 2.36. The highest BCUT2D eigenvalue weighted by molar-refractivity contribution is 6.17. The van der Waals surface area contributed by atoms with E-state index < -0.39 is 71.9 Å². The largest absolute Gasteiger partial charge is 0.455 e. The number of hydrogen-bond acceptors (Lipinski definition) is 2. The molecule has 1 aromatic heterocycles. The van der Waals surface area contributed by atoms with Crippen molar-refractivity contribution in [3.05, 3.63) is 199 Å². The molecule has 0 aliphatic heterocycles. The summed E-state index contributed by atoms with van der Waals surface area (Å²) in [6, 6.07) is 34.0. The molecule has 8 aromatic carbocycles. The highest BCUT2D eigenvalue weighted by Crippen LogP contribution is 2.52. The first-order valence-corrected chi connectivity index (χ1v) is 17.4. The van der Waals surface area contributed by atoms with E-state index in [-0.39, 0.29) is 38.8 Å². The van der Waals surface area contributed by atoms with Crippen molar-refractivity contribution in [2.45, 2.75) is 19.3 Å². The predicted molar refractivity (Wildman–Crippen MR) is 222 cm³/mol. The molecule has 0 bridgehead atoms. The molecule has 252 valence electrons. The zero-order chi connectivity index (χ0) is 45.1. The van der Waals surface area contributed by atoms with Gasteiger partial charge in [-0.25, -0.2) is 0 Å². The first kappa shape index (κ1) is 21.7. The topological polar surface area (TPSA) is 16.4 Å². The van der Waals surface area contributed by atoms with Gasteiger partial charge in [-0.05, 0) is 92.5 Å². The summed E-state index contributed by atoms with van der Waals surface area (Å²) in [6.07, 6.45) is 0. The molecule has 1 aliphatic carbocycles. The van der Waals surface area contributed by atoms with Crippen molar-refractivity contribution < 1.29 is 19.5 Å². The molecule has 10 rings (SSSR count). The summed E-state index contributed by atoms with van der Waals surface area (Å²) < 4.78 is 104. The fraction of sp³-hybridized carbons (Fsp3) is 0.0588. The minimum Gasteiger partial charge on any atom is -0.455 e. The molecule has 0 amide bonds. The molecule has 9 aromatic rings. The van der Waals surface area contributed by atoms with Crippen molar-refractivity contribution in [2.24, 2.45) is 0 Å². The first-order chi connectivity index (χ1) is 30.6. The fourth-order valence-electron chi connectivity index (χ4n) is 7.71. The normalized spacial score (nSPS) is 15.8. The SMILES string of the molecule is [2H]c1c([2H])c([2H])c(-c2c([2H])c([2H])c(N(c3ccc(-c4ccc(-c5ccccc5)cc4)cc3)c3ccc4c(c3)C(C)(C)c3ccccc3-4)c3c2oc2c([2H])c([2H])c([2H])c([2H])c23)c([2H])c1[2H]. The number of fused-ring (bicyclic) bond motifs is 6. The van der Waals surface area contributed by atoms with Crippen LogP contribution >= 0.6 is 0 Å². The van der Waals surface area contributed by atoms with Gasteiger partial charge in [0, 0.05) is 27.7 Å². The van der Waals surface area contributed by atoms with Gasteiger partial charge in [0.1, 0.15) is 11.2 Å². The number of furan rings is 1. The molecule has 0 N–H and O–H groups in total. The third-order valence-electron chi connectivity index (χ3n) is 10.4. The van der Waals surface area contributed by atoms with Crippen LogP contribution in [0.3, 0.4) is 0 Å². The van der Waals surface area contributed by atoms with Gasteiger partial charge >= 0.3 is 0 Å². The zero-order valence-corrected chi connectivity index (χ0v) is 28.9. The molecule has 0 spiro atoms. The van der Waals surface area contributed by atoms with Crippen molar-refractivity contribution >= 4 is 39.0 Å². The second-order valence-electron chi connectivity index (χ2n) is 13.7. The van der Waals surface area contributed by atoms with Crippen LogP contribution in [0.1, 0.15) is 40.1 Å². The minimum absolute atomic E-state index is 0.0217. The standard InChI is InChI=1S/C51H37NO/c1-51(2)45-19-11-9-17-42(45)43-30-29-40(33-46(43)51)52(39-27-25-37(26-28-39)36-23-21-35(22-24-36)34-13-5-3-6-14-34)47-32-31-41(38-15-7-4-8-16-38)50-49(47)44-18-10-12-20-48(44)53-50/h3-33H,1-2H3/i4D,7D,8D,10D,12D,15D,16D,18D,20D,31D,32D. The van der Waals surface area contributed by atoms with Gasteiger partial charge in [0.05, 0.1) is 26.2 Å². The lowest BCUT2D eigenvalue weighted by Crippen LogP contribution is -2.16. The number of hydrogen-bond donors (Lipinski definition) is 0. The molecule has 2 heteroatoms. The van der Waals surface area contributed by atoms with Crippen molar-refractivity contribution in [1.82, 2.24) is 0 Å². The summed E-state index contributed by atoms with van der Waals surface area (Å²) in [5.74, 6) is 0. The van der Waals surface area contributed by atoms with Crippen molar-refractivity contribution in [3.63, 3.8) is 0 Å². The first-order valence-electron chi connectivity index (χ1n) is 22.9. The second-order valence-corrected chi connectivity index (χ2v) is 13.7. The number of nitrogens with zero attached hydrogens (tertiary/aromatic N) is 1. The minimum atomic E-state index is -0.655. The van der Waals surface area contributed by atoms with Gasteiger partial charge in [-0.2, -0.15) is 0 Å². The smallest absolute Gasteiger partial charge is 0.145 e. The molecule has 1 heterocycles. The van der Waals surface area contributed by atoms with E-state index >= 15 is 0 Å². The lowest BCUT2D eigenvalue weighted by Gasteiger charge is -2.29. The van der Waals surface area contributed by atoms with Gasteiger partial charge in [-0.3, -0.25) is 0 Å². The van der Waals surface area contributed by atoms with Gasteiger partial charge in [-0.1, -0.05) is 159 Å². The summed E-state index contributed by atoms with van der Waals surface area (Å²) in [4.78, 5) is 1.78. The van der Waals surface area contributed by atoms with E-state index in [0.717, 1.165) is 44.5 Å². The van der Waals surface area contributed by atoms with E-state index in [1.54, 1.807) is 4.90 Å². The maximum atomic E-state index is 9.91. The van der Waals surface area contributed by atoms with Gasteiger partial charge in [-0.15, -0.1) is 0 Å². The summed E-state index contributed by atoms with van der Waals surface area (Å²) in [5, 5.41) is -0.0550. The van der Waals surface area contributed by atoms with E-state index in [1.807, 2.05) is 72.8 Å². The zero-order valence-electron chi connectivity index (χ0n) is 39.9. The Bertz CT molecular complexity index is 3390. The summed E-state index contributed by atoms with van der Waals surface area (Å²) in [7, 11) is 0. The third kappa shape index (κ3) is 5.10. The van der Waals surface area contributed by atoms with Crippen LogP contribution < -0.4 is 4.90 Å². The van der Waals surface area contributed by atoms with Crippen LogP contribution in [0.5, 0.6) is 0 Å². The third-order valence-corrected chi connectivity index (χ3v) is 10.4. The lowest BCUT2D eigenvalue weighted by atomic mass is 9.82. The van der Waals surface area contributed by atoms with Crippen LogP contribution in [-0.2, 0) is 5.41 Å². The Balaban J connectivity index is 1.28. The van der Waals surface area contributed by atoms with Crippen LogP contribution in [0.4, 0.5) is 17.1 Å². The summed E-state index contributed by atoms with van der Waals surface area (Å²) in [5.41, 5.74) is 7.92. The number of para-hydroxylation sites is 1. The van der Waals surface area contributed by atoms with Crippen LogP contribution in [0.15, 0.2) is 192 Å². The molecular formula is C51H37NO. The summed E-state index contributed by atoms with van der Waals surface area (Å²) in [6.45, 7) is 4.29. The molecule has 2 nitrogen and oxygen atoms in total. The Morgan fingerprint density at radius 1 is 0.491 bits per heavy atom. The van der Waals surface area contributed by atoms with Crippen molar-refractivity contribution in [2.75, 3.05) is 4.90 Å². The van der Waals surface area contributed by atoms with E-state index in [1.165, 1.54) is 0 Å². The lowest BCUT2D eigenvalue weighted by molar-refractivity contribution is 0.660. The van der Waals surface area contributed by atoms with Crippen molar-refractivity contribution in [3.8, 4) is 44.5 Å². The predicted octanol–water partition coefficient (Wildman–Crippen LogP) is 14.4. The average molecular weight is 691 g/mol. The molecule has 0 saturated carbocycles. The van der Waals surface area contributed by atoms with Crippen LogP contribution in [-0.4, -0.2) is 0 Å². The number of rotatable bonds is 6. The maximum absolute atomic E-state index is 9.91. The fourth-order valence-corrected chi connectivity index (χ4v) is 7.71. The van der Waals surface area contributed by atoms with Crippen LogP contribution in [0, 0.1) is 0 Å². The molecule has 0 fully saturated rings. The van der Waals surface area contributed by atoms with E-state index in [2.05, 4.69) is 62.4 Å². The molecule has 1 aliphatic rings. The van der Waals surface area contributed by atoms with Gasteiger partial charge in [0.25, 0.3) is 0 Å². The van der Waals surface area contributed by atoms with Gasteiger partial charge in [0.15, 0.2) is 0 Å². The van der Waals surface area contributed by atoms with Gasteiger partial charge < -0.3 is 9.32 Å². The van der Waals surface area contributed by atoms with Crippen LogP contribution in [0.25, 0.3) is 66.4 Å². The molecule has 0 atom stereocenters. The van der Waals surface area contributed by atoms with Gasteiger partial charge in [0.2, 0.25) is 0 Å². The number of benzene rings is 8. The monoisotopic (exact) mass is 690 g/mol. The Morgan fingerprint density at radius 2 is 1.09 bits per heavy atom.